The molecule has 3 saturated carbocycles. The molecule has 0 radical (unpaired) electrons. The molecule has 2 nitrogen and oxygen atoms in total. The van der Waals surface area contributed by atoms with Crippen molar-refractivity contribution in [2.24, 2.45) is 11.8 Å². The Balaban J connectivity index is 1.73. The van der Waals surface area contributed by atoms with E-state index in [1.54, 1.807) is 0 Å². The monoisotopic (exact) mass is 584 g/mol. The van der Waals surface area contributed by atoms with Crippen LogP contribution in [0.25, 0.3) is 0 Å². The molecule has 0 aromatic heterocycles. The summed E-state index contributed by atoms with van der Waals surface area (Å²) in [5.41, 5.74) is 0. The summed E-state index contributed by atoms with van der Waals surface area (Å²) in [6.45, 7) is 4.41. The van der Waals surface area contributed by atoms with E-state index in [0.717, 1.165) is 89.9 Å². The number of ether oxygens (including phenoxy) is 2. The van der Waals surface area contributed by atoms with E-state index in [1.165, 1.54) is 0 Å². The number of halogens is 6. The molecule has 3 aliphatic rings. The van der Waals surface area contributed by atoms with Crippen LogP contribution in [0.2, 0.25) is 0 Å². The second-order valence-electron chi connectivity index (χ2n) is 13.3. The SMILES string of the molecule is CC1CCCCCCC(OC2(F)C(F)(F)C(F)(F)C2(F)OC2CCCCCCCC(C)CCCC2)CCCCC1. The van der Waals surface area contributed by atoms with Crippen molar-refractivity contribution in [2.45, 2.75) is 191 Å². The highest BCUT2D eigenvalue weighted by Crippen LogP contribution is 2.69. The number of hydrogen-bond acceptors (Lipinski definition) is 2. The Bertz CT molecular complexity index is 736. The van der Waals surface area contributed by atoms with Crippen LogP contribution in [-0.2, 0) is 9.47 Å². The lowest BCUT2D eigenvalue weighted by molar-refractivity contribution is -0.565. The van der Waals surface area contributed by atoms with E-state index in [9.17, 15) is 17.6 Å². The Morgan fingerprint density at radius 1 is 0.375 bits per heavy atom. The van der Waals surface area contributed by atoms with Crippen molar-refractivity contribution in [3.8, 4) is 0 Å². The van der Waals surface area contributed by atoms with Crippen molar-refractivity contribution >= 4 is 0 Å². The topological polar surface area (TPSA) is 18.5 Å². The van der Waals surface area contributed by atoms with Gasteiger partial charge in [0.1, 0.15) is 0 Å². The van der Waals surface area contributed by atoms with E-state index in [-0.39, 0.29) is 25.7 Å². The van der Waals surface area contributed by atoms with Crippen LogP contribution >= 0.6 is 0 Å². The van der Waals surface area contributed by atoms with Crippen molar-refractivity contribution in [1.82, 2.24) is 0 Å². The molecular weight excluding hydrogens is 530 g/mol. The molecule has 0 amide bonds. The standard InChI is InChI=1S/C32H54F6O2/c1-25-18-10-6-7-13-22-27(23-14-8-11-19-25)39-31(37)29(33,34)30(35,36)32(31,38)40-28-21-12-5-3-4-9-17-26(2)20-15-16-24-28/h25-28H,3-24H2,1-2H3. The lowest BCUT2D eigenvalue weighted by atomic mass is 9.75. The van der Waals surface area contributed by atoms with Gasteiger partial charge in [-0.3, -0.25) is 0 Å². The molecule has 0 aromatic carbocycles. The van der Waals surface area contributed by atoms with Gasteiger partial charge in [0, 0.05) is 0 Å². The Hall–Kier alpha value is -0.500. The molecule has 6 atom stereocenters. The van der Waals surface area contributed by atoms with Crippen molar-refractivity contribution in [3.05, 3.63) is 0 Å². The first kappa shape index (κ1) is 34.0. The zero-order valence-electron chi connectivity index (χ0n) is 25.0. The van der Waals surface area contributed by atoms with Crippen LogP contribution in [0, 0.1) is 11.8 Å². The number of alkyl halides is 6. The summed E-state index contributed by atoms with van der Waals surface area (Å²) >= 11 is 0. The first-order chi connectivity index (χ1) is 18.9. The van der Waals surface area contributed by atoms with E-state index in [2.05, 4.69) is 13.8 Å². The number of rotatable bonds is 4. The summed E-state index contributed by atoms with van der Waals surface area (Å²) in [4.78, 5) is 0. The second kappa shape index (κ2) is 15.3. The smallest absolute Gasteiger partial charge is 0.333 e. The van der Waals surface area contributed by atoms with E-state index >= 15 is 8.78 Å². The molecule has 0 N–H and O–H groups in total. The van der Waals surface area contributed by atoms with Gasteiger partial charge in [-0.2, -0.15) is 26.3 Å². The average Bonchev–Trinajstić information content (AvgIpc) is 2.93. The summed E-state index contributed by atoms with van der Waals surface area (Å²) in [5.74, 6) is -18.5. The van der Waals surface area contributed by atoms with Crippen molar-refractivity contribution in [3.63, 3.8) is 0 Å². The van der Waals surface area contributed by atoms with Crippen LogP contribution in [0.4, 0.5) is 26.3 Å². The second-order valence-corrected chi connectivity index (χ2v) is 13.3. The van der Waals surface area contributed by atoms with E-state index in [0.29, 0.717) is 37.5 Å². The van der Waals surface area contributed by atoms with Crippen LogP contribution in [0.3, 0.4) is 0 Å². The number of hydrogen-bond donors (Lipinski definition) is 0. The first-order valence-electron chi connectivity index (χ1n) is 16.4. The Labute approximate surface area is 238 Å². The third-order valence-electron chi connectivity index (χ3n) is 9.67. The molecule has 8 heteroatoms. The van der Waals surface area contributed by atoms with Crippen molar-refractivity contribution in [1.29, 1.82) is 0 Å². The quantitative estimate of drug-likeness (QED) is 0.306. The van der Waals surface area contributed by atoms with Gasteiger partial charge in [0.15, 0.2) is 0 Å². The van der Waals surface area contributed by atoms with Crippen molar-refractivity contribution < 1.29 is 35.8 Å². The molecule has 3 aliphatic carbocycles. The minimum Gasteiger partial charge on any atom is -0.333 e. The molecule has 6 unspecified atom stereocenters. The maximum atomic E-state index is 16.0. The van der Waals surface area contributed by atoms with E-state index < -0.39 is 35.8 Å². The molecule has 0 aromatic rings. The predicted octanol–water partition coefficient (Wildman–Crippen LogP) is 11.3. The third kappa shape index (κ3) is 7.90. The minimum absolute atomic E-state index is 0.234. The maximum Gasteiger partial charge on any atom is 0.379 e. The zero-order chi connectivity index (χ0) is 29.3. The van der Waals surface area contributed by atoms with Crippen LogP contribution in [0.15, 0.2) is 0 Å². The van der Waals surface area contributed by atoms with Gasteiger partial charge in [-0.25, -0.2) is 0 Å². The first-order valence-corrected chi connectivity index (χ1v) is 16.4. The van der Waals surface area contributed by atoms with Crippen molar-refractivity contribution in [2.75, 3.05) is 0 Å². The highest BCUT2D eigenvalue weighted by Gasteiger charge is 3.01. The van der Waals surface area contributed by atoms with Gasteiger partial charge in [-0.05, 0) is 37.5 Å². The molecule has 0 heterocycles. The normalized spacial score (nSPS) is 39.6. The summed E-state index contributed by atoms with van der Waals surface area (Å²) < 4.78 is 102. The summed E-state index contributed by atoms with van der Waals surface area (Å²) in [5, 5.41) is 0. The van der Waals surface area contributed by atoms with Gasteiger partial charge < -0.3 is 9.47 Å². The fourth-order valence-corrected chi connectivity index (χ4v) is 6.84. The van der Waals surface area contributed by atoms with Crippen LogP contribution < -0.4 is 0 Å². The predicted molar refractivity (Wildman–Crippen MR) is 147 cm³/mol. The van der Waals surface area contributed by atoms with Crippen LogP contribution in [-0.4, -0.2) is 35.8 Å². The van der Waals surface area contributed by atoms with E-state index in [4.69, 9.17) is 9.47 Å². The van der Waals surface area contributed by atoms with Gasteiger partial charge >= 0.3 is 23.6 Å². The van der Waals surface area contributed by atoms with E-state index in [1.807, 2.05) is 0 Å². The lowest BCUT2D eigenvalue weighted by Crippen LogP contribution is -2.88. The molecule has 3 rings (SSSR count). The molecular formula is C32H54F6O2. The van der Waals surface area contributed by atoms with Gasteiger partial charge in [-0.1, -0.05) is 129 Å². The Morgan fingerprint density at radius 3 is 0.950 bits per heavy atom. The fourth-order valence-electron chi connectivity index (χ4n) is 6.84. The van der Waals surface area contributed by atoms with Gasteiger partial charge in [-0.15, -0.1) is 0 Å². The Kier molecular flexibility index (Phi) is 13.0. The highest BCUT2D eigenvalue weighted by molar-refractivity contribution is 5.24. The molecule has 0 spiro atoms. The fraction of sp³-hybridized carbons (Fsp3) is 1.00. The van der Waals surface area contributed by atoms with Gasteiger partial charge in [0.05, 0.1) is 12.2 Å². The molecule has 0 aliphatic heterocycles. The third-order valence-corrected chi connectivity index (χ3v) is 9.67. The molecule has 0 bridgehead atoms. The van der Waals surface area contributed by atoms with Gasteiger partial charge in [0.2, 0.25) is 0 Å². The maximum absolute atomic E-state index is 16.0. The summed E-state index contributed by atoms with van der Waals surface area (Å²) in [7, 11) is 0. The highest BCUT2D eigenvalue weighted by atomic mass is 19.3. The summed E-state index contributed by atoms with van der Waals surface area (Å²) in [6, 6.07) is 0. The summed E-state index contributed by atoms with van der Waals surface area (Å²) in [6.07, 6.45) is 14.9. The molecule has 236 valence electrons. The average molecular weight is 585 g/mol. The van der Waals surface area contributed by atoms with Crippen LogP contribution in [0.1, 0.15) is 155 Å². The lowest BCUT2D eigenvalue weighted by Gasteiger charge is -2.58. The zero-order valence-corrected chi connectivity index (χ0v) is 25.0. The molecule has 40 heavy (non-hydrogen) atoms. The van der Waals surface area contributed by atoms with Crippen LogP contribution in [0.5, 0.6) is 0 Å². The Morgan fingerprint density at radius 2 is 0.600 bits per heavy atom. The minimum atomic E-state index is -5.32. The van der Waals surface area contributed by atoms with Gasteiger partial charge in [0.25, 0.3) is 0 Å². The molecule has 3 fully saturated rings. The molecule has 0 saturated heterocycles. The largest absolute Gasteiger partial charge is 0.379 e.